The van der Waals surface area contributed by atoms with Crippen LogP contribution in [0, 0.1) is 13.8 Å². The predicted molar refractivity (Wildman–Crippen MR) is 78.6 cm³/mol. The van der Waals surface area contributed by atoms with Gasteiger partial charge in [0.1, 0.15) is 4.88 Å². The molecule has 0 aliphatic carbocycles. The van der Waals surface area contributed by atoms with Gasteiger partial charge in [-0.1, -0.05) is 17.7 Å². The first-order chi connectivity index (χ1) is 8.69. The van der Waals surface area contributed by atoms with Crippen LogP contribution in [0.1, 0.15) is 20.8 Å². The molecule has 102 valence electrons. The van der Waals surface area contributed by atoms with Gasteiger partial charge in [0.05, 0.1) is 11.3 Å². The average molecular weight is 318 g/mol. The number of hydrogen-bond donors (Lipinski definition) is 1. The van der Waals surface area contributed by atoms with Crippen LogP contribution in [0.5, 0.6) is 0 Å². The van der Waals surface area contributed by atoms with Crippen molar-refractivity contribution in [2.75, 3.05) is 6.26 Å². The Morgan fingerprint density at radius 2 is 1.95 bits per heavy atom. The number of nitrogens with one attached hydrogen (secondary N) is 1. The van der Waals surface area contributed by atoms with E-state index in [1.54, 1.807) is 0 Å². The number of hydrogen-bond acceptors (Lipinski definition) is 4. The van der Waals surface area contributed by atoms with Crippen molar-refractivity contribution in [1.82, 2.24) is 4.72 Å². The summed E-state index contributed by atoms with van der Waals surface area (Å²) in [5, 5.41) is 1.11. The predicted octanol–water partition coefficient (Wildman–Crippen LogP) is 2.86. The van der Waals surface area contributed by atoms with Crippen molar-refractivity contribution < 1.29 is 13.2 Å². The standard InChI is InChI=1S/C12H12ClNO3S2/c1-6-4-7(2)9-8(5-6)18-11(10(9)13)12(15)14-19(3,16)17/h4-5H,1-3H3,(H,14,15). The molecule has 0 unspecified atom stereocenters. The third kappa shape index (κ3) is 2.91. The summed E-state index contributed by atoms with van der Waals surface area (Å²) < 4.78 is 25.0. The quantitative estimate of drug-likeness (QED) is 0.926. The normalized spacial score (nSPS) is 11.8. The molecule has 0 aliphatic rings. The maximum atomic E-state index is 11.9. The van der Waals surface area contributed by atoms with Crippen molar-refractivity contribution in [3.63, 3.8) is 0 Å². The zero-order valence-corrected chi connectivity index (χ0v) is 13.0. The largest absolute Gasteiger partial charge is 0.276 e. The van der Waals surface area contributed by atoms with E-state index in [0.29, 0.717) is 5.02 Å². The smallest absolute Gasteiger partial charge is 0.267 e. The highest BCUT2D eigenvalue weighted by atomic mass is 35.5. The van der Waals surface area contributed by atoms with Gasteiger partial charge in [0.2, 0.25) is 10.0 Å². The van der Waals surface area contributed by atoms with Gasteiger partial charge >= 0.3 is 0 Å². The molecule has 0 saturated carbocycles. The van der Waals surface area contributed by atoms with Gasteiger partial charge in [0.15, 0.2) is 0 Å². The van der Waals surface area contributed by atoms with E-state index in [2.05, 4.69) is 0 Å². The Morgan fingerprint density at radius 1 is 1.32 bits per heavy atom. The van der Waals surface area contributed by atoms with E-state index in [0.717, 1.165) is 27.5 Å². The fraction of sp³-hybridized carbons (Fsp3) is 0.250. The van der Waals surface area contributed by atoms with Gasteiger partial charge in [-0.25, -0.2) is 13.1 Å². The Morgan fingerprint density at radius 3 is 2.53 bits per heavy atom. The highest BCUT2D eigenvalue weighted by molar-refractivity contribution is 7.89. The molecular weight excluding hydrogens is 306 g/mol. The first-order valence-electron chi connectivity index (χ1n) is 5.40. The Bertz CT molecular complexity index is 778. The van der Waals surface area contributed by atoms with E-state index in [4.69, 9.17) is 11.6 Å². The van der Waals surface area contributed by atoms with Gasteiger partial charge < -0.3 is 0 Å². The van der Waals surface area contributed by atoms with Crippen LogP contribution in [-0.2, 0) is 10.0 Å². The highest BCUT2D eigenvalue weighted by Crippen LogP contribution is 2.37. The zero-order chi connectivity index (χ0) is 14.4. The fourth-order valence-corrected chi connectivity index (χ4v) is 4.10. The lowest BCUT2D eigenvalue weighted by molar-refractivity contribution is 0.0986. The summed E-state index contributed by atoms with van der Waals surface area (Å²) >= 11 is 7.39. The Hall–Kier alpha value is -1.11. The van der Waals surface area contributed by atoms with E-state index in [1.807, 2.05) is 30.7 Å². The zero-order valence-electron chi connectivity index (χ0n) is 10.6. The average Bonchev–Trinajstić information content (AvgIpc) is 2.53. The molecule has 2 aromatic rings. The number of benzene rings is 1. The Kier molecular flexibility index (Phi) is 3.59. The molecule has 1 heterocycles. The van der Waals surface area contributed by atoms with Gasteiger partial charge in [-0.3, -0.25) is 4.79 Å². The van der Waals surface area contributed by atoms with Crippen molar-refractivity contribution in [3.8, 4) is 0 Å². The van der Waals surface area contributed by atoms with Crippen LogP contribution in [-0.4, -0.2) is 20.6 Å². The van der Waals surface area contributed by atoms with E-state index < -0.39 is 15.9 Å². The van der Waals surface area contributed by atoms with Gasteiger partial charge in [0.25, 0.3) is 5.91 Å². The fourth-order valence-electron chi connectivity index (χ4n) is 1.92. The number of sulfonamides is 1. The van der Waals surface area contributed by atoms with Crippen molar-refractivity contribution in [2.45, 2.75) is 13.8 Å². The molecule has 0 radical (unpaired) electrons. The number of thiophene rings is 1. The maximum Gasteiger partial charge on any atom is 0.276 e. The van der Waals surface area contributed by atoms with Crippen molar-refractivity contribution >= 4 is 49.0 Å². The molecule has 1 aromatic carbocycles. The van der Waals surface area contributed by atoms with Crippen LogP contribution in [0.15, 0.2) is 12.1 Å². The second-order valence-corrected chi connectivity index (χ2v) is 7.58. The number of carbonyl (C=O) groups excluding carboxylic acids is 1. The number of aryl methyl sites for hydroxylation is 2. The molecule has 19 heavy (non-hydrogen) atoms. The van der Waals surface area contributed by atoms with Gasteiger partial charge in [-0.05, 0) is 31.0 Å². The van der Waals surface area contributed by atoms with E-state index >= 15 is 0 Å². The summed E-state index contributed by atoms with van der Waals surface area (Å²) in [7, 11) is -3.60. The summed E-state index contributed by atoms with van der Waals surface area (Å²) in [5.41, 5.74) is 2.03. The maximum absolute atomic E-state index is 11.9. The molecule has 0 saturated heterocycles. The van der Waals surface area contributed by atoms with Crippen LogP contribution in [0.2, 0.25) is 5.02 Å². The number of carbonyl (C=O) groups is 1. The van der Waals surface area contributed by atoms with Gasteiger partial charge in [0, 0.05) is 10.1 Å². The van der Waals surface area contributed by atoms with Crippen LogP contribution < -0.4 is 4.72 Å². The van der Waals surface area contributed by atoms with Crippen LogP contribution in [0.3, 0.4) is 0 Å². The lowest BCUT2D eigenvalue weighted by Crippen LogP contribution is -2.28. The molecule has 7 heteroatoms. The first kappa shape index (κ1) is 14.3. The minimum Gasteiger partial charge on any atom is -0.267 e. The van der Waals surface area contributed by atoms with Crippen LogP contribution >= 0.6 is 22.9 Å². The second-order valence-electron chi connectivity index (χ2n) is 4.40. The van der Waals surface area contributed by atoms with E-state index in [9.17, 15) is 13.2 Å². The molecule has 4 nitrogen and oxygen atoms in total. The van der Waals surface area contributed by atoms with Crippen LogP contribution in [0.4, 0.5) is 0 Å². The monoisotopic (exact) mass is 317 g/mol. The molecule has 0 atom stereocenters. The molecule has 0 fully saturated rings. The second kappa shape index (κ2) is 4.77. The number of rotatable bonds is 2. The molecule has 1 N–H and O–H groups in total. The summed E-state index contributed by atoms with van der Waals surface area (Å²) in [6.07, 6.45) is 0.932. The minimum absolute atomic E-state index is 0.218. The lowest BCUT2D eigenvalue weighted by atomic mass is 10.1. The van der Waals surface area contributed by atoms with Crippen molar-refractivity contribution in [2.24, 2.45) is 0 Å². The number of fused-ring (bicyclic) bond motifs is 1. The number of amides is 1. The third-order valence-corrected chi connectivity index (χ3v) is 4.74. The minimum atomic E-state index is -3.60. The summed E-state index contributed by atoms with van der Waals surface area (Å²) in [5.74, 6) is -0.689. The SMILES string of the molecule is Cc1cc(C)c2c(Cl)c(C(=O)NS(C)(=O)=O)sc2c1. The first-order valence-corrected chi connectivity index (χ1v) is 8.49. The van der Waals surface area contributed by atoms with Crippen molar-refractivity contribution in [3.05, 3.63) is 33.2 Å². The summed E-state index contributed by atoms with van der Waals surface area (Å²) in [6, 6.07) is 3.90. The Labute approximate surface area is 120 Å². The molecular formula is C12H12ClNO3S2. The molecule has 2 rings (SSSR count). The molecule has 0 spiro atoms. The van der Waals surface area contributed by atoms with Crippen LogP contribution in [0.25, 0.3) is 10.1 Å². The topological polar surface area (TPSA) is 63.2 Å². The Balaban J connectivity index is 2.60. The highest BCUT2D eigenvalue weighted by Gasteiger charge is 2.20. The van der Waals surface area contributed by atoms with E-state index in [1.165, 1.54) is 11.3 Å². The third-order valence-electron chi connectivity index (χ3n) is 2.56. The summed E-state index contributed by atoms with van der Waals surface area (Å²) in [6.45, 7) is 3.86. The lowest BCUT2D eigenvalue weighted by Gasteiger charge is -2.01. The van der Waals surface area contributed by atoms with Crippen molar-refractivity contribution in [1.29, 1.82) is 0 Å². The van der Waals surface area contributed by atoms with Gasteiger partial charge in [-0.15, -0.1) is 11.3 Å². The molecule has 0 bridgehead atoms. The molecule has 1 aromatic heterocycles. The summed E-state index contributed by atoms with van der Waals surface area (Å²) in [4.78, 5) is 12.1. The molecule has 0 aliphatic heterocycles. The number of halogens is 1. The van der Waals surface area contributed by atoms with E-state index in [-0.39, 0.29) is 4.88 Å². The molecule has 1 amide bonds. The van der Waals surface area contributed by atoms with Gasteiger partial charge in [-0.2, -0.15) is 0 Å².